The molecule has 0 aliphatic heterocycles. The molecule has 0 aliphatic rings. The largest absolute Gasteiger partial charge is 0.491 e. The highest BCUT2D eigenvalue weighted by Crippen LogP contribution is 2.32. The minimum atomic E-state index is -0.186. The van der Waals surface area contributed by atoms with Gasteiger partial charge in [0.2, 0.25) is 0 Å². The number of ether oxygens (including phenoxy) is 1. The number of nitrogens with zero attached hydrogens (tertiary/aromatic N) is 7. The Morgan fingerprint density at radius 3 is 2.35 bits per heavy atom. The molecular formula is C27H22N8O2. The van der Waals surface area contributed by atoms with Gasteiger partial charge in [-0.1, -0.05) is 78.9 Å². The van der Waals surface area contributed by atoms with Crippen LogP contribution in [0.4, 0.5) is 0 Å². The number of hydrogen-bond donors (Lipinski definition) is 2. The molecule has 0 spiro atoms. The van der Waals surface area contributed by atoms with Crippen molar-refractivity contribution in [3.8, 4) is 34.3 Å². The van der Waals surface area contributed by atoms with E-state index in [-0.39, 0.29) is 11.8 Å². The molecular weight excluding hydrogens is 468 g/mol. The number of nitrogens with one attached hydrogen (secondary N) is 1. The first-order valence-corrected chi connectivity index (χ1v) is 11.7. The molecule has 6 rings (SSSR count). The minimum Gasteiger partial charge on any atom is -0.491 e. The molecule has 182 valence electrons. The molecule has 37 heavy (non-hydrogen) atoms. The first-order valence-electron chi connectivity index (χ1n) is 11.7. The van der Waals surface area contributed by atoms with E-state index in [2.05, 4.69) is 60.1 Å². The van der Waals surface area contributed by atoms with Gasteiger partial charge in [-0.15, -0.1) is 15.3 Å². The number of tetrazole rings is 1. The molecule has 10 heteroatoms. The fourth-order valence-corrected chi connectivity index (χ4v) is 4.33. The summed E-state index contributed by atoms with van der Waals surface area (Å²) in [5.41, 5.74) is 5.98. The maximum atomic E-state index is 10.6. The monoisotopic (exact) mass is 490 g/mol. The van der Waals surface area contributed by atoms with Crippen molar-refractivity contribution < 1.29 is 9.84 Å². The van der Waals surface area contributed by atoms with Gasteiger partial charge in [0.15, 0.2) is 11.3 Å². The molecule has 0 saturated heterocycles. The first-order chi connectivity index (χ1) is 18.2. The SMILES string of the molecule is Cc1nc2c(OCc3ccccc3)nnc(O)c2n1Cc1ccc(-c2ccccc2-c2nnn[nH]2)cc1. The van der Waals surface area contributed by atoms with Crippen molar-refractivity contribution in [2.75, 3.05) is 0 Å². The number of hydrogen-bond acceptors (Lipinski definition) is 8. The van der Waals surface area contributed by atoms with E-state index in [9.17, 15) is 5.11 Å². The number of aromatic hydroxyl groups is 1. The highest BCUT2D eigenvalue weighted by Gasteiger charge is 2.19. The zero-order chi connectivity index (χ0) is 25.2. The van der Waals surface area contributed by atoms with Crippen LogP contribution in [0, 0.1) is 6.92 Å². The van der Waals surface area contributed by atoms with E-state index in [0.29, 0.717) is 30.0 Å². The van der Waals surface area contributed by atoms with Gasteiger partial charge in [0.25, 0.3) is 11.8 Å². The molecule has 3 heterocycles. The summed E-state index contributed by atoms with van der Waals surface area (Å²) >= 11 is 0. The molecule has 3 aromatic carbocycles. The normalized spacial score (nSPS) is 11.2. The van der Waals surface area contributed by atoms with Crippen LogP contribution in [0.15, 0.2) is 78.9 Å². The van der Waals surface area contributed by atoms with Crippen LogP contribution in [0.2, 0.25) is 0 Å². The average molecular weight is 491 g/mol. The van der Waals surface area contributed by atoms with Gasteiger partial charge < -0.3 is 14.4 Å². The molecule has 0 radical (unpaired) electrons. The number of H-pyrrole nitrogens is 1. The van der Waals surface area contributed by atoms with E-state index in [0.717, 1.165) is 33.6 Å². The Morgan fingerprint density at radius 2 is 1.59 bits per heavy atom. The van der Waals surface area contributed by atoms with Gasteiger partial charge in [-0.2, -0.15) is 0 Å². The second-order valence-electron chi connectivity index (χ2n) is 8.54. The second-order valence-corrected chi connectivity index (χ2v) is 8.54. The number of benzene rings is 3. The molecule has 0 aliphatic carbocycles. The minimum absolute atomic E-state index is 0.186. The van der Waals surface area contributed by atoms with E-state index in [1.807, 2.05) is 66.1 Å². The Balaban J connectivity index is 1.29. The molecule has 0 amide bonds. The number of fused-ring (bicyclic) bond motifs is 1. The Bertz CT molecular complexity index is 1660. The Labute approximate surface area is 211 Å². The van der Waals surface area contributed by atoms with Gasteiger partial charge in [-0.3, -0.25) is 0 Å². The Hall–Kier alpha value is -5.12. The van der Waals surface area contributed by atoms with Crippen LogP contribution < -0.4 is 4.74 Å². The molecule has 0 fully saturated rings. The summed E-state index contributed by atoms with van der Waals surface area (Å²) in [5, 5.41) is 32.8. The number of aromatic amines is 1. The smallest absolute Gasteiger partial charge is 0.262 e. The van der Waals surface area contributed by atoms with Crippen LogP contribution in [-0.4, -0.2) is 45.5 Å². The molecule has 2 N–H and O–H groups in total. The van der Waals surface area contributed by atoms with Crippen molar-refractivity contribution in [3.05, 3.63) is 95.8 Å². The van der Waals surface area contributed by atoms with Crippen LogP contribution in [0.3, 0.4) is 0 Å². The summed E-state index contributed by atoms with van der Waals surface area (Å²) in [5.74, 6) is 1.43. The summed E-state index contributed by atoms with van der Waals surface area (Å²) < 4.78 is 7.82. The summed E-state index contributed by atoms with van der Waals surface area (Å²) in [6, 6.07) is 26.0. The topological polar surface area (TPSA) is 128 Å². The fraction of sp³-hybridized carbons (Fsp3) is 0.111. The van der Waals surface area contributed by atoms with Crippen molar-refractivity contribution in [1.82, 2.24) is 40.4 Å². The highest BCUT2D eigenvalue weighted by atomic mass is 16.5. The standard InChI is InChI=1S/C27H22N8O2/c1-17-28-23-24(26(36)31-32-27(23)37-16-19-7-3-2-4-8-19)35(17)15-18-11-13-20(14-12-18)21-9-5-6-10-22(21)25-29-33-34-30-25/h2-14H,15-16H2,1H3,(H,31,36)(H,29,30,33,34). The summed E-state index contributed by atoms with van der Waals surface area (Å²) in [6.07, 6.45) is 0. The molecule has 6 aromatic rings. The fourth-order valence-electron chi connectivity index (χ4n) is 4.33. The van der Waals surface area contributed by atoms with Crippen LogP contribution in [0.5, 0.6) is 11.8 Å². The quantitative estimate of drug-likeness (QED) is 0.339. The third-order valence-electron chi connectivity index (χ3n) is 6.16. The summed E-state index contributed by atoms with van der Waals surface area (Å²) in [4.78, 5) is 4.64. The third-order valence-corrected chi connectivity index (χ3v) is 6.16. The predicted molar refractivity (Wildman–Crippen MR) is 137 cm³/mol. The number of aryl methyl sites for hydroxylation is 1. The summed E-state index contributed by atoms with van der Waals surface area (Å²) in [7, 11) is 0. The lowest BCUT2D eigenvalue weighted by atomic mass is 9.98. The van der Waals surface area contributed by atoms with E-state index in [1.165, 1.54) is 0 Å². The molecule has 0 bridgehead atoms. The second kappa shape index (κ2) is 9.50. The van der Waals surface area contributed by atoms with Gasteiger partial charge in [0.1, 0.15) is 17.9 Å². The van der Waals surface area contributed by atoms with Crippen molar-refractivity contribution in [3.63, 3.8) is 0 Å². The lowest BCUT2D eigenvalue weighted by Crippen LogP contribution is -2.03. The molecule has 0 atom stereocenters. The van der Waals surface area contributed by atoms with E-state index >= 15 is 0 Å². The maximum absolute atomic E-state index is 10.6. The molecule has 3 aromatic heterocycles. The van der Waals surface area contributed by atoms with Crippen molar-refractivity contribution in [2.45, 2.75) is 20.1 Å². The lowest BCUT2D eigenvalue weighted by molar-refractivity contribution is 0.292. The Kier molecular flexibility index (Phi) is 5.74. The third kappa shape index (κ3) is 4.36. The van der Waals surface area contributed by atoms with E-state index in [1.54, 1.807) is 0 Å². The van der Waals surface area contributed by atoms with Gasteiger partial charge in [0, 0.05) is 12.1 Å². The van der Waals surface area contributed by atoms with Crippen LogP contribution in [-0.2, 0) is 13.2 Å². The Morgan fingerprint density at radius 1 is 0.838 bits per heavy atom. The molecule has 10 nitrogen and oxygen atoms in total. The highest BCUT2D eigenvalue weighted by molar-refractivity contribution is 5.85. The zero-order valence-corrected chi connectivity index (χ0v) is 19.9. The van der Waals surface area contributed by atoms with Crippen LogP contribution in [0.25, 0.3) is 33.5 Å². The van der Waals surface area contributed by atoms with E-state index < -0.39 is 0 Å². The van der Waals surface area contributed by atoms with Gasteiger partial charge in [0.05, 0.1) is 0 Å². The number of imidazole rings is 1. The lowest BCUT2D eigenvalue weighted by Gasteiger charge is -2.11. The first kappa shape index (κ1) is 22.4. The zero-order valence-electron chi connectivity index (χ0n) is 19.9. The van der Waals surface area contributed by atoms with Crippen LogP contribution in [0.1, 0.15) is 17.0 Å². The van der Waals surface area contributed by atoms with Crippen molar-refractivity contribution >= 4 is 11.0 Å². The summed E-state index contributed by atoms with van der Waals surface area (Å²) in [6.45, 7) is 2.71. The average Bonchev–Trinajstić information content (AvgIpc) is 3.59. The predicted octanol–water partition coefficient (Wildman–Crippen LogP) is 4.31. The number of rotatable bonds is 7. The van der Waals surface area contributed by atoms with Crippen molar-refractivity contribution in [2.24, 2.45) is 0 Å². The van der Waals surface area contributed by atoms with Gasteiger partial charge in [-0.05, 0) is 39.6 Å². The molecule has 0 unspecified atom stereocenters. The van der Waals surface area contributed by atoms with Crippen molar-refractivity contribution in [1.29, 1.82) is 0 Å². The maximum Gasteiger partial charge on any atom is 0.262 e. The van der Waals surface area contributed by atoms with Gasteiger partial charge in [-0.25, -0.2) is 10.1 Å². The van der Waals surface area contributed by atoms with E-state index in [4.69, 9.17) is 4.74 Å². The number of aromatic nitrogens is 8. The molecule has 0 saturated carbocycles. The van der Waals surface area contributed by atoms with Gasteiger partial charge >= 0.3 is 0 Å². The van der Waals surface area contributed by atoms with Crippen LogP contribution >= 0.6 is 0 Å².